The lowest BCUT2D eigenvalue weighted by molar-refractivity contribution is 0.570. The summed E-state index contributed by atoms with van der Waals surface area (Å²) in [4.78, 5) is 5.37. The van der Waals surface area contributed by atoms with Crippen LogP contribution >= 0.6 is 22.9 Å². The van der Waals surface area contributed by atoms with Gasteiger partial charge in [-0.1, -0.05) is 17.7 Å². The summed E-state index contributed by atoms with van der Waals surface area (Å²) in [5, 5.41) is 7.82. The number of anilines is 4. The van der Waals surface area contributed by atoms with Crippen molar-refractivity contribution in [1.29, 1.82) is 0 Å². The fraction of sp³-hybridized carbons (Fsp3) is 0.250. The Morgan fingerprint density at radius 2 is 2.00 bits per heavy atom. The Balaban J connectivity index is 1.91. The number of halogens is 2. The van der Waals surface area contributed by atoms with Crippen LogP contribution in [-0.4, -0.2) is 40.6 Å². The van der Waals surface area contributed by atoms with Crippen molar-refractivity contribution in [3.63, 3.8) is 0 Å². The van der Waals surface area contributed by atoms with Crippen LogP contribution in [0.2, 0.25) is 5.02 Å². The molecule has 31 heavy (non-hydrogen) atoms. The van der Waals surface area contributed by atoms with Crippen molar-refractivity contribution in [2.45, 2.75) is 11.8 Å². The van der Waals surface area contributed by atoms with E-state index in [2.05, 4.69) is 25.2 Å². The molecule has 7 nitrogen and oxygen atoms in total. The van der Waals surface area contributed by atoms with E-state index in [9.17, 15) is 12.8 Å². The van der Waals surface area contributed by atoms with Crippen molar-refractivity contribution < 1.29 is 12.8 Å². The largest absolute Gasteiger partial charge is 0.372 e. The topological polar surface area (TPSA) is 86.4 Å². The molecular weight excluding hydrogens is 461 g/mol. The summed E-state index contributed by atoms with van der Waals surface area (Å²) in [6.07, 6.45) is 0. The van der Waals surface area contributed by atoms with Crippen LogP contribution in [0, 0.1) is 12.7 Å². The number of thiazole rings is 1. The van der Waals surface area contributed by atoms with Crippen LogP contribution in [-0.2, 0) is 10.0 Å². The summed E-state index contributed by atoms with van der Waals surface area (Å²) >= 11 is 7.55. The highest BCUT2D eigenvalue weighted by Crippen LogP contribution is 2.35. The molecule has 0 unspecified atom stereocenters. The van der Waals surface area contributed by atoms with Crippen molar-refractivity contribution in [3.05, 3.63) is 57.6 Å². The minimum atomic E-state index is -4.17. The van der Waals surface area contributed by atoms with Gasteiger partial charge in [0.05, 0.1) is 27.6 Å². The predicted octanol–water partition coefficient (Wildman–Crippen LogP) is 4.44. The standard InChI is InChI=1S/C20H23ClFN5O2S2/c1-13-4-5-16(18(8-13)27(3)7-6-23-2)25-17-10-15(22)19(9-14(17)21)31(28,29)26-20-11-30-12-24-20/h4-5,8-12,23,25-26H,6-7H2,1-3H3. The molecule has 3 N–H and O–H groups in total. The summed E-state index contributed by atoms with van der Waals surface area (Å²) in [6.45, 7) is 3.54. The lowest BCUT2D eigenvalue weighted by Crippen LogP contribution is -2.27. The number of hydrogen-bond acceptors (Lipinski definition) is 7. The molecule has 166 valence electrons. The van der Waals surface area contributed by atoms with Gasteiger partial charge in [-0.25, -0.2) is 17.8 Å². The minimum Gasteiger partial charge on any atom is -0.372 e. The maximum absolute atomic E-state index is 14.8. The monoisotopic (exact) mass is 483 g/mol. The Morgan fingerprint density at radius 3 is 2.68 bits per heavy atom. The molecule has 0 aliphatic rings. The number of benzene rings is 2. The van der Waals surface area contributed by atoms with E-state index in [4.69, 9.17) is 11.6 Å². The van der Waals surface area contributed by atoms with Gasteiger partial charge in [0.2, 0.25) is 0 Å². The number of aryl methyl sites for hydroxylation is 1. The van der Waals surface area contributed by atoms with Crippen molar-refractivity contribution in [3.8, 4) is 0 Å². The first-order valence-corrected chi connectivity index (χ1v) is 12.1. The summed E-state index contributed by atoms with van der Waals surface area (Å²) in [5.41, 5.74) is 4.44. The first-order chi connectivity index (χ1) is 14.7. The van der Waals surface area contributed by atoms with Crippen molar-refractivity contribution in [1.82, 2.24) is 10.3 Å². The third kappa shape index (κ3) is 5.65. The minimum absolute atomic E-state index is 0.0736. The maximum atomic E-state index is 14.8. The van der Waals surface area contributed by atoms with Gasteiger partial charge in [-0.05, 0) is 37.7 Å². The molecule has 0 aliphatic carbocycles. The van der Waals surface area contributed by atoms with E-state index in [0.29, 0.717) is 0 Å². The van der Waals surface area contributed by atoms with Gasteiger partial charge in [0.1, 0.15) is 10.7 Å². The first-order valence-electron chi connectivity index (χ1n) is 9.34. The molecule has 0 aliphatic heterocycles. The van der Waals surface area contributed by atoms with E-state index in [1.807, 2.05) is 39.2 Å². The number of aromatic nitrogens is 1. The highest BCUT2D eigenvalue weighted by Gasteiger charge is 2.22. The Kier molecular flexibility index (Phi) is 7.37. The molecule has 11 heteroatoms. The predicted molar refractivity (Wildman–Crippen MR) is 126 cm³/mol. The Hall–Kier alpha value is -2.40. The highest BCUT2D eigenvalue weighted by molar-refractivity contribution is 7.92. The van der Waals surface area contributed by atoms with Gasteiger partial charge in [-0.2, -0.15) is 0 Å². The molecule has 3 rings (SSSR count). The van der Waals surface area contributed by atoms with E-state index in [1.165, 1.54) is 22.2 Å². The zero-order valence-electron chi connectivity index (χ0n) is 17.2. The average molecular weight is 484 g/mol. The zero-order chi connectivity index (χ0) is 22.6. The Labute approximate surface area is 190 Å². The second-order valence-corrected chi connectivity index (χ2v) is 9.69. The van der Waals surface area contributed by atoms with Crippen LogP contribution in [0.4, 0.5) is 27.3 Å². The SMILES string of the molecule is CNCCN(C)c1cc(C)ccc1Nc1cc(F)c(S(=O)(=O)Nc2cscn2)cc1Cl. The molecule has 0 atom stereocenters. The van der Waals surface area contributed by atoms with Gasteiger partial charge in [-0.15, -0.1) is 11.3 Å². The van der Waals surface area contributed by atoms with Crippen LogP contribution in [0.1, 0.15) is 5.56 Å². The number of hydrogen-bond donors (Lipinski definition) is 3. The summed E-state index contributed by atoms with van der Waals surface area (Å²) in [5.74, 6) is -0.802. The van der Waals surface area contributed by atoms with Crippen LogP contribution < -0.4 is 20.3 Å². The van der Waals surface area contributed by atoms with E-state index in [0.717, 1.165) is 42.2 Å². The number of nitrogens with zero attached hydrogens (tertiary/aromatic N) is 2. The van der Waals surface area contributed by atoms with Crippen LogP contribution in [0.25, 0.3) is 0 Å². The van der Waals surface area contributed by atoms with Crippen molar-refractivity contribution in [2.24, 2.45) is 0 Å². The number of sulfonamides is 1. The van der Waals surface area contributed by atoms with Gasteiger partial charge >= 0.3 is 0 Å². The normalized spacial score (nSPS) is 11.4. The van der Waals surface area contributed by atoms with E-state index >= 15 is 0 Å². The summed E-state index contributed by atoms with van der Waals surface area (Å²) in [6, 6.07) is 7.99. The third-order valence-corrected chi connectivity index (χ3v) is 6.78. The smallest absolute Gasteiger partial charge is 0.266 e. The summed E-state index contributed by atoms with van der Waals surface area (Å²) in [7, 11) is -0.334. The Morgan fingerprint density at radius 1 is 1.23 bits per heavy atom. The van der Waals surface area contributed by atoms with E-state index in [-0.39, 0.29) is 16.5 Å². The van der Waals surface area contributed by atoms with E-state index < -0.39 is 20.7 Å². The number of likely N-dealkylation sites (N-methyl/N-ethyl adjacent to an activating group) is 2. The number of rotatable bonds is 9. The molecule has 0 spiro atoms. The molecule has 0 amide bonds. The quantitative estimate of drug-likeness (QED) is 0.417. The molecule has 2 aromatic carbocycles. The average Bonchev–Trinajstić information content (AvgIpc) is 3.22. The second-order valence-electron chi connectivity index (χ2n) is 6.91. The first kappa shape index (κ1) is 23.3. The van der Waals surface area contributed by atoms with Crippen molar-refractivity contribution in [2.75, 3.05) is 42.1 Å². The molecule has 3 aromatic rings. The number of nitrogens with one attached hydrogen (secondary N) is 3. The van der Waals surface area contributed by atoms with Gasteiger partial charge in [0, 0.05) is 31.6 Å². The molecular formula is C20H23ClFN5O2S2. The molecule has 0 fully saturated rings. The molecule has 0 saturated heterocycles. The van der Waals surface area contributed by atoms with Gasteiger partial charge in [-0.3, -0.25) is 4.72 Å². The Bertz CT molecular complexity index is 1160. The molecule has 0 bridgehead atoms. The van der Waals surface area contributed by atoms with Crippen LogP contribution in [0.5, 0.6) is 0 Å². The molecule has 0 saturated carbocycles. The highest BCUT2D eigenvalue weighted by atomic mass is 35.5. The molecule has 1 heterocycles. The lowest BCUT2D eigenvalue weighted by atomic mass is 10.1. The second kappa shape index (κ2) is 9.82. The zero-order valence-corrected chi connectivity index (χ0v) is 19.6. The fourth-order valence-electron chi connectivity index (χ4n) is 2.89. The maximum Gasteiger partial charge on any atom is 0.266 e. The van der Waals surface area contributed by atoms with Gasteiger partial charge in [0.15, 0.2) is 5.82 Å². The lowest BCUT2D eigenvalue weighted by Gasteiger charge is -2.24. The fourth-order valence-corrected chi connectivity index (χ4v) is 4.81. The van der Waals surface area contributed by atoms with Gasteiger partial charge in [0.25, 0.3) is 10.0 Å². The van der Waals surface area contributed by atoms with Gasteiger partial charge < -0.3 is 15.5 Å². The molecule has 0 radical (unpaired) electrons. The summed E-state index contributed by atoms with van der Waals surface area (Å²) < 4.78 is 42.1. The van der Waals surface area contributed by atoms with Crippen LogP contribution in [0.3, 0.4) is 0 Å². The van der Waals surface area contributed by atoms with E-state index in [1.54, 1.807) is 0 Å². The third-order valence-electron chi connectivity index (χ3n) is 4.51. The van der Waals surface area contributed by atoms with Crippen LogP contribution in [0.15, 0.2) is 46.1 Å². The molecule has 1 aromatic heterocycles. The van der Waals surface area contributed by atoms with Crippen molar-refractivity contribution >= 4 is 55.8 Å².